The SMILES string of the molecule is Cc1cc(C)c2onc(CC(=O)Nc3ccc(-c4csc(-c5ccccc5C)n4)cc3)c2c1. The van der Waals surface area contributed by atoms with Crippen molar-refractivity contribution in [2.45, 2.75) is 27.2 Å². The lowest BCUT2D eigenvalue weighted by Gasteiger charge is -2.05. The van der Waals surface area contributed by atoms with Gasteiger partial charge in [0.2, 0.25) is 5.91 Å². The van der Waals surface area contributed by atoms with Crippen molar-refractivity contribution in [1.82, 2.24) is 10.1 Å². The number of carbonyl (C=O) groups is 1. The van der Waals surface area contributed by atoms with Crippen molar-refractivity contribution in [3.05, 3.63) is 88.4 Å². The highest BCUT2D eigenvalue weighted by molar-refractivity contribution is 7.13. The lowest BCUT2D eigenvalue weighted by molar-refractivity contribution is -0.115. The summed E-state index contributed by atoms with van der Waals surface area (Å²) in [6.07, 6.45) is 0.156. The fourth-order valence-electron chi connectivity index (χ4n) is 3.99. The van der Waals surface area contributed by atoms with Crippen LogP contribution in [0.2, 0.25) is 0 Å². The number of amides is 1. The minimum Gasteiger partial charge on any atom is -0.356 e. The Hall–Kier alpha value is -3.77. The zero-order chi connectivity index (χ0) is 22.9. The highest BCUT2D eigenvalue weighted by Crippen LogP contribution is 2.31. The van der Waals surface area contributed by atoms with Gasteiger partial charge in [-0.1, -0.05) is 47.6 Å². The molecule has 0 radical (unpaired) electrons. The van der Waals surface area contributed by atoms with Crippen LogP contribution in [0.5, 0.6) is 0 Å². The number of thiazole rings is 1. The Bertz CT molecular complexity index is 1460. The second-order valence-electron chi connectivity index (χ2n) is 8.24. The predicted octanol–water partition coefficient (Wildman–Crippen LogP) is 6.72. The van der Waals surface area contributed by atoms with Gasteiger partial charge in [0.1, 0.15) is 10.7 Å². The molecule has 0 fully saturated rings. The minimum atomic E-state index is -0.132. The summed E-state index contributed by atoms with van der Waals surface area (Å²) in [7, 11) is 0. The molecule has 0 spiro atoms. The Morgan fingerprint density at radius 2 is 1.79 bits per heavy atom. The van der Waals surface area contributed by atoms with Gasteiger partial charge >= 0.3 is 0 Å². The van der Waals surface area contributed by atoms with Crippen LogP contribution in [-0.4, -0.2) is 16.0 Å². The van der Waals surface area contributed by atoms with E-state index in [1.807, 2.05) is 62.4 Å². The van der Waals surface area contributed by atoms with E-state index in [4.69, 9.17) is 9.51 Å². The third-order valence-electron chi connectivity index (χ3n) is 5.65. The molecule has 0 bridgehead atoms. The third kappa shape index (κ3) is 4.30. The molecule has 0 aliphatic rings. The van der Waals surface area contributed by atoms with Crippen LogP contribution in [0.25, 0.3) is 32.8 Å². The molecule has 1 amide bonds. The average molecular weight is 454 g/mol. The molecule has 0 unspecified atom stereocenters. The second kappa shape index (κ2) is 8.64. The van der Waals surface area contributed by atoms with Gasteiger partial charge < -0.3 is 9.84 Å². The first-order valence-corrected chi connectivity index (χ1v) is 11.6. The van der Waals surface area contributed by atoms with E-state index >= 15 is 0 Å². The molecule has 33 heavy (non-hydrogen) atoms. The lowest BCUT2D eigenvalue weighted by atomic mass is 10.1. The van der Waals surface area contributed by atoms with E-state index in [1.54, 1.807) is 11.3 Å². The fourth-order valence-corrected chi connectivity index (χ4v) is 4.91. The summed E-state index contributed by atoms with van der Waals surface area (Å²) in [6, 6.07) is 20.1. The van der Waals surface area contributed by atoms with Crippen molar-refractivity contribution in [2.24, 2.45) is 0 Å². The number of benzene rings is 3. The number of nitrogens with zero attached hydrogens (tertiary/aromatic N) is 2. The molecular weight excluding hydrogens is 430 g/mol. The molecule has 2 aromatic heterocycles. The largest absolute Gasteiger partial charge is 0.356 e. The van der Waals surface area contributed by atoms with Gasteiger partial charge in [-0.05, 0) is 55.7 Å². The van der Waals surface area contributed by atoms with Crippen LogP contribution in [0.4, 0.5) is 5.69 Å². The van der Waals surface area contributed by atoms with Crippen molar-refractivity contribution in [3.8, 4) is 21.8 Å². The lowest BCUT2D eigenvalue weighted by Crippen LogP contribution is -2.14. The Morgan fingerprint density at radius 1 is 1.00 bits per heavy atom. The van der Waals surface area contributed by atoms with E-state index in [-0.39, 0.29) is 12.3 Å². The zero-order valence-electron chi connectivity index (χ0n) is 18.7. The molecule has 0 aliphatic carbocycles. The van der Waals surface area contributed by atoms with Gasteiger partial charge in [0.25, 0.3) is 0 Å². The van der Waals surface area contributed by atoms with E-state index in [2.05, 4.69) is 34.9 Å². The molecule has 164 valence electrons. The van der Waals surface area contributed by atoms with Gasteiger partial charge in [-0.2, -0.15) is 0 Å². The molecule has 5 rings (SSSR count). The van der Waals surface area contributed by atoms with Crippen LogP contribution < -0.4 is 5.32 Å². The van der Waals surface area contributed by atoms with Crippen LogP contribution in [0, 0.1) is 20.8 Å². The first-order chi connectivity index (χ1) is 16.0. The molecule has 0 aliphatic heterocycles. The van der Waals surface area contributed by atoms with Gasteiger partial charge in [0, 0.05) is 27.6 Å². The summed E-state index contributed by atoms with van der Waals surface area (Å²) in [5.74, 6) is -0.132. The highest BCUT2D eigenvalue weighted by atomic mass is 32.1. The standard InChI is InChI=1S/C27H23N3O2S/c1-16-12-18(3)26-22(13-16)23(30-32-26)14-25(31)28-20-10-8-19(9-11-20)24-15-33-27(29-24)21-7-5-4-6-17(21)2/h4-13,15H,14H2,1-3H3,(H,28,31). The normalized spacial score (nSPS) is 11.1. The number of hydrogen-bond acceptors (Lipinski definition) is 5. The molecule has 0 saturated carbocycles. The Labute approximate surface area is 196 Å². The summed E-state index contributed by atoms with van der Waals surface area (Å²) in [4.78, 5) is 17.4. The van der Waals surface area contributed by atoms with Gasteiger partial charge in [0.15, 0.2) is 5.58 Å². The van der Waals surface area contributed by atoms with Gasteiger partial charge in [-0.25, -0.2) is 4.98 Å². The van der Waals surface area contributed by atoms with Crippen molar-refractivity contribution >= 4 is 33.9 Å². The van der Waals surface area contributed by atoms with E-state index in [0.29, 0.717) is 5.69 Å². The summed E-state index contributed by atoms with van der Waals surface area (Å²) in [5.41, 5.74) is 8.57. The van der Waals surface area contributed by atoms with E-state index < -0.39 is 0 Å². The molecule has 0 saturated heterocycles. The maximum absolute atomic E-state index is 12.6. The second-order valence-corrected chi connectivity index (χ2v) is 9.10. The van der Waals surface area contributed by atoms with Gasteiger partial charge in [-0.15, -0.1) is 11.3 Å². The smallest absolute Gasteiger partial charge is 0.230 e. The van der Waals surface area contributed by atoms with E-state index in [1.165, 1.54) is 5.56 Å². The third-order valence-corrected chi connectivity index (χ3v) is 6.52. The average Bonchev–Trinajstić information content (AvgIpc) is 3.43. The van der Waals surface area contributed by atoms with Crippen LogP contribution in [0.15, 0.2) is 70.6 Å². The first-order valence-electron chi connectivity index (χ1n) is 10.8. The minimum absolute atomic E-state index is 0.132. The van der Waals surface area contributed by atoms with Crippen molar-refractivity contribution in [3.63, 3.8) is 0 Å². The van der Waals surface area contributed by atoms with Gasteiger partial charge in [-0.3, -0.25) is 4.79 Å². The van der Waals surface area contributed by atoms with Crippen molar-refractivity contribution in [1.29, 1.82) is 0 Å². The quantitative estimate of drug-likeness (QED) is 0.321. The molecule has 5 nitrogen and oxygen atoms in total. The zero-order valence-corrected chi connectivity index (χ0v) is 19.5. The summed E-state index contributed by atoms with van der Waals surface area (Å²) < 4.78 is 5.46. The fraction of sp³-hybridized carbons (Fsp3) is 0.148. The number of fused-ring (bicyclic) bond motifs is 1. The van der Waals surface area contributed by atoms with Crippen LogP contribution in [0.3, 0.4) is 0 Å². The van der Waals surface area contributed by atoms with Crippen LogP contribution in [0.1, 0.15) is 22.4 Å². The summed E-state index contributed by atoms with van der Waals surface area (Å²) in [5, 5.41) is 11.0. The molecule has 6 heteroatoms. The topological polar surface area (TPSA) is 68.0 Å². The Kier molecular flexibility index (Phi) is 5.52. The highest BCUT2D eigenvalue weighted by Gasteiger charge is 2.15. The monoisotopic (exact) mass is 453 g/mol. The van der Waals surface area contributed by atoms with Crippen LogP contribution in [-0.2, 0) is 11.2 Å². The van der Waals surface area contributed by atoms with Crippen molar-refractivity contribution in [2.75, 3.05) is 5.32 Å². The molecular formula is C27H23N3O2S. The summed E-state index contributed by atoms with van der Waals surface area (Å²) in [6.45, 7) is 6.10. The predicted molar refractivity (Wildman–Crippen MR) is 134 cm³/mol. The number of carbonyl (C=O) groups excluding carboxylic acids is 1. The number of aryl methyl sites for hydroxylation is 3. The van der Waals surface area contributed by atoms with E-state index in [0.717, 1.165) is 49.6 Å². The molecule has 0 atom stereocenters. The molecule has 2 heterocycles. The number of hydrogen-bond donors (Lipinski definition) is 1. The number of nitrogens with one attached hydrogen (secondary N) is 1. The Balaban J connectivity index is 1.29. The van der Waals surface area contributed by atoms with Crippen LogP contribution >= 0.6 is 11.3 Å². The molecule has 5 aromatic rings. The Morgan fingerprint density at radius 3 is 2.58 bits per heavy atom. The number of rotatable bonds is 5. The maximum Gasteiger partial charge on any atom is 0.230 e. The molecule has 3 aromatic carbocycles. The number of aromatic nitrogens is 2. The van der Waals surface area contributed by atoms with E-state index in [9.17, 15) is 4.79 Å². The van der Waals surface area contributed by atoms with Crippen molar-refractivity contribution < 1.29 is 9.32 Å². The maximum atomic E-state index is 12.6. The number of anilines is 1. The summed E-state index contributed by atoms with van der Waals surface area (Å²) >= 11 is 1.63. The van der Waals surface area contributed by atoms with Gasteiger partial charge in [0.05, 0.1) is 12.1 Å². The first kappa shape index (κ1) is 21.1. The molecule has 1 N–H and O–H groups in total.